The Hall–Kier alpha value is -4.35. The monoisotopic (exact) mass is 683 g/mol. The minimum atomic E-state index is -1.19. The first kappa shape index (κ1) is 40.7. The molecule has 2 aromatic rings. The summed E-state index contributed by atoms with van der Waals surface area (Å²) in [6, 6.07) is -2.72. The van der Waals surface area contributed by atoms with Crippen molar-refractivity contribution in [2.24, 2.45) is 11.8 Å². The fourth-order valence-corrected chi connectivity index (χ4v) is 4.53. The second-order valence-corrected chi connectivity index (χ2v) is 12.0. The number of aromatic amines is 2. The van der Waals surface area contributed by atoms with Crippen LogP contribution in [0.4, 0.5) is 0 Å². The molecule has 2 rings (SSSR count). The maximum atomic E-state index is 12.8. The molecule has 0 unspecified atom stereocenters. The van der Waals surface area contributed by atoms with Crippen molar-refractivity contribution in [1.82, 2.24) is 46.5 Å². The van der Waals surface area contributed by atoms with Gasteiger partial charge in [0.2, 0.25) is 0 Å². The van der Waals surface area contributed by atoms with E-state index in [9.17, 15) is 33.9 Å². The van der Waals surface area contributed by atoms with Gasteiger partial charge in [0.1, 0.15) is 17.4 Å². The molecule has 0 saturated heterocycles. The number of carboxylic acids is 1. The molecular formula is C29H48ClN10O7+. The van der Waals surface area contributed by atoms with Gasteiger partial charge in [-0.1, -0.05) is 27.7 Å². The normalized spacial score (nSPS) is 13.6. The van der Waals surface area contributed by atoms with Crippen molar-refractivity contribution in [2.75, 3.05) is 19.6 Å². The molecule has 47 heavy (non-hydrogen) atoms. The highest BCUT2D eigenvalue weighted by Crippen LogP contribution is 2.10. The Morgan fingerprint density at radius 1 is 0.766 bits per heavy atom. The van der Waals surface area contributed by atoms with Crippen molar-refractivity contribution in [1.29, 1.82) is 0 Å². The molecule has 0 fully saturated rings. The number of amides is 4. The Kier molecular flexibility index (Phi) is 16.7. The molecule has 2 aromatic heterocycles. The Morgan fingerprint density at radius 2 is 1.28 bits per heavy atom. The number of halogens is 1. The lowest BCUT2D eigenvalue weighted by Crippen LogP contribution is -2.60. The van der Waals surface area contributed by atoms with Gasteiger partial charge in [-0.25, -0.2) is 14.8 Å². The van der Waals surface area contributed by atoms with E-state index in [-0.39, 0.29) is 72.4 Å². The first-order chi connectivity index (χ1) is 21.6. The first-order valence-corrected chi connectivity index (χ1v) is 15.2. The van der Waals surface area contributed by atoms with Gasteiger partial charge in [-0.2, -0.15) is 0 Å². The molecule has 0 radical (unpaired) electrons. The van der Waals surface area contributed by atoms with E-state index in [1.54, 1.807) is 6.92 Å². The molecule has 4 amide bonds. The number of ketones is 1. The van der Waals surface area contributed by atoms with Gasteiger partial charge in [0.25, 0.3) is 23.6 Å². The highest BCUT2D eigenvalue weighted by atomic mass is 35.5. The number of carbonyl (C=O) groups is 6. The third-order valence-electron chi connectivity index (χ3n) is 6.87. The van der Waals surface area contributed by atoms with Crippen LogP contribution in [0.25, 0.3) is 0 Å². The summed E-state index contributed by atoms with van der Waals surface area (Å²) in [6.45, 7) is 11.4. The summed E-state index contributed by atoms with van der Waals surface area (Å²) in [5.41, 5.74) is 3.32. The van der Waals surface area contributed by atoms with Crippen LogP contribution >= 0.6 is 12.4 Å². The van der Waals surface area contributed by atoms with Gasteiger partial charge >= 0.3 is 5.97 Å². The van der Waals surface area contributed by atoms with E-state index in [0.717, 1.165) is 12.7 Å². The van der Waals surface area contributed by atoms with Crippen molar-refractivity contribution in [3.63, 3.8) is 0 Å². The van der Waals surface area contributed by atoms with E-state index in [1.807, 2.05) is 27.7 Å². The van der Waals surface area contributed by atoms with E-state index in [2.05, 4.69) is 52.3 Å². The average molecular weight is 684 g/mol. The SMILES string of the molecule is CC(C)C[C@@H](C[NH3+])NC(=O)c1nc[nH]c1C(=O)N[C@@H](C)C(=O)CNC[C@H](C)NC(=O)c1nc[nH]c1C(=O)N[C@@H](CC(C)C)C(=O)O.Cl. The highest BCUT2D eigenvalue weighted by Gasteiger charge is 2.28. The van der Waals surface area contributed by atoms with Gasteiger partial charge < -0.3 is 47.4 Å². The van der Waals surface area contributed by atoms with E-state index in [4.69, 9.17) is 0 Å². The Labute approximate surface area is 279 Å². The van der Waals surface area contributed by atoms with E-state index in [1.165, 1.54) is 13.3 Å². The number of aromatic nitrogens is 4. The molecule has 0 aromatic carbocycles. The Bertz CT molecular complexity index is 1380. The van der Waals surface area contributed by atoms with Crippen LogP contribution in [0.5, 0.6) is 0 Å². The summed E-state index contributed by atoms with van der Waals surface area (Å²) in [6.07, 6.45) is 3.31. The number of rotatable bonds is 19. The predicted molar refractivity (Wildman–Crippen MR) is 173 cm³/mol. The standard InChI is InChI=1S/C29H46N10O7.ClH/c1-14(2)7-18(9-30)38-27(43)23-22(33-13-34-23)26(42)37-17(6)20(40)11-31-10-16(5)36-25(41)21-24(35-12-32-21)28(44)39-19(29(45)46)8-15(3)4;/h12-19,31H,7-11,30H2,1-6H3,(H,32,35)(H,33,34)(H,36,41)(H,37,42)(H,38,43)(H,39,44)(H,45,46);1H/p+1/t16-,17-,18-,19-;/m0./s1. The molecule has 0 bridgehead atoms. The molecule has 18 heteroatoms. The topological polar surface area (TPSA) is 268 Å². The van der Waals surface area contributed by atoms with Crippen LogP contribution in [0.2, 0.25) is 0 Å². The molecule has 262 valence electrons. The number of carboxylic acid groups (broad SMARTS) is 1. The molecule has 4 atom stereocenters. The fraction of sp³-hybridized carbons (Fsp3) is 0.586. The van der Waals surface area contributed by atoms with Crippen LogP contribution in [0, 0.1) is 11.8 Å². The molecule has 0 saturated carbocycles. The van der Waals surface area contributed by atoms with Gasteiger partial charge in [0.15, 0.2) is 17.2 Å². The van der Waals surface area contributed by atoms with Crippen molar-refractivity contribution in [3.05, 3.63) is 35.4 Å². The quantitative estimate of drug-likeness (QED) is 0.0895. The van der Waals surface area contributed by atoms with Gasteiger partial charge in [-0.3, -0.25) is 24.0 Å². The third-order valence-corrected chi connectivity index (χ3v) is 6.87. The van der Waals surface area contributed by atoms with Crippen molar-refractivity contribution < 1.29 is 39.6 Å². The van der Waals surface area contributed by atoms with Gasteiger partial charge in [-0.05, 0) is 38.5 Å². The van der Waals surface area contributed by atoms with Gasteiger partial charge in [0, 0.05) is 12.6 Å². The molecule has 2 heterocycles. The number of nitrogens with one attached hydrogen (secondary N) is 7. The molecule has 17 nitrogen and oxygen atoms in total. The van der Waals surface area contributed by atoms with Crippen molar-refractivity contribution >= 4 is 47.8 Å². The Morgan fingerprint density at radius 3 is 1.77 bits per heavy atom. The minimum Gasteiger partial charge on any atom is -0.480 e. The van der Waals surface area contributed by atoms with Crippen LogP contribution in [-0.4, -0.2) is 104 Å². The lowest BCUT2D eigenvalue weighted by molar-refractivity contribution is -0.373. The number of aliphatic carboxylic acids is 1. The van der Waals surface area contributed by atoms with Crippen LogP contribution in [0.15, 0.2) is 12.7 Å². The number of hydrogen-bond donors (Lipinski definition) is 9. The lowest BCUT2D eigenvalue weighted by atomic mass is 10.0. The summed E-state index contributed by atoms with van der Waals surface area (Å²) in [5, 5.41) is 22.8. The van der Waals surface area contributed by atoms with E-state index in [0.29, 0.717) is 12.5 Å². The van der Waals surface area contributed by atoms with Crippen molar-refractivity contribution in [3.8, 4) is 0 Å². The number of hydrogen-bond acceptors (Lipinski definition) is 9. The zero-order valence-corrected chi connectivity index (χ0v) is 28.4. The smallest absolute Gasteiger partial charge is 0.326 e. The summed E-state index contributed by atoms with van der Waals surface area (Å²) >= 11 is 0. The summed E-state index contributed by atoms with van der Waals surface area (Å²) in [4.78, 5) is 88.4. The maximum absolute atomic E-state index is 12.8. The molecule has 11 N–H and O–H groups in total. The Balaban J connectivity index is 0.0000110. The van der Waals surface area contributed by atoms with E-state index < -0.39 is 47.7 Å². The zero-order valence-electron chi connectivity index (χ0n) is 27.6. The second-order valence-electron chi connectivity index (χ2n) is 12.0. The molecule has 0 aliphatic heterocycles. The lowest BCUT2D eigenvalue weighted by Gasteiger charge is -2.18. The summed E-state index contributed by atoms with van der Waals surface area (Å²) in [5.74, 6) is -3.83. The maximum Gasteiger partial charge on any atom is 0.326 e. The van der Waals surface area contributed by atoms with Crippen LogP contribution < -0.4 is 32.3 Å². The number of imidazole rings is 2. The largest absolute Gasteiger partial charge is 0.480 e. The van der Waals surface area contributed by atoms with Crippen LogP contribution in [0.3, 0.4) is 0 Å². The van der Waals surface area contributed by atoms with Crippen LogP contribution in [-0.2, 0) is 9.59 Å². The zero-order chi connectivity index (χ0) is 34.6. The number of Topliss-reactive ketones (excluding diaryl/α,β-unsaturated/α-hetero) is 1. The molecular weight excluding hydrogens is 636 g/mol. The second kappa shape index (κ2) is 19.3. The average Bonchev–Trinajstić information content (AvgIpc) is 3.66. The summed E-state index contributed by atoms with van der Waals surface area (Å²) < 4.78 is 0. The number of nitrogens with zero attached hydrogens (tertiary/aromatic N) is 2. The molecule has 0 aliphatic carbocycles. The summed E-state index contributed by atoms with van der Waals surface area (Å²) in [7, 11) is 0. The van der Waals surface area contributed by atoms with Crippen LogP contribution in [0.1, 0.15) is 96.3 Å². The van der Waals surface area contributed by atoms with Crippen molar-refractivity contribution in [2.45, 2.75) is 78.6 Å². The van der Waals surface area contributed by atoms with E-state index >= 15 is 0 Å². The highest BCUT2D eigenvalue weighted by molar-refractivity contribution is 6.06. The predicted octanol–water partition coefficient (Wildman–Crippen LogP) is -0.734. The van der Waals surface area contributed by atoms with Gasteiger partial charge in [-0.15, -0.1) is 12.4 Å². The third kappa shape index (κ3) is 12.8. The first-order valence-electron chi connectivity index (χ1n) is 15.2. The molecule has 0 aliphatic rings. The number of quaternary nitrogens is 1. The fourth-order valence-electron chi connectivity index (χ4n) is 4.53. The van der Waals surface area contributed by atoms with Gasteiger partial charge in [0.05, 0.1) is 37.8 Å². The number of carbonyl (C=O) groups excluding carboxylic acids is 5. The molecule has 0 spiro atoms. The number of H-pyrrole nitrogens is 2. The minimum absolute atomic E-state index is 0.